The highest BCUT2D eigenvalue weighted by Gasteiger charge is 2.25. The number of carbonyl (C=O) groups excluding carboxylic acids is 1. The summed E-state index contributed by atoms with van der Waals surface area (Å²) < 4.78 is 5.22. The molecule has 4 N–H and O–H groups in total. The number of amides is 1. The molecule has 0 saturated carbocycles. The standard InChI is InChI=1S/C23H46N2O4/c1-5-6-7-8-9-10-11-12-13-16-23(24,18-15-20(26)27)17-14-19-25-21(28)29-22(2,3)4/h5-19,24H2,1-4H3,(H,25,28)(H,26,27). The van der Waals surface area contributed by atoms with Gasteiger partial charge in [0.05, 0.1) is 0 Å². The van der Waals surface area contributed by atoms with Gasteiger partial charge >= 0.3 is 12.1 Å². The highest BCUT2D eigenvalue weighted by Crippen LogP contribution is 2.24. The van der Waals surface area contributed by atoms with E-state index in [0.29, 0.717) is 25.8 Å². The van der Waals surface area contributed by atoms with E-state index in [1.54, 1.807) is 0 Å². The Hall–Kier alpha value is -1.30. The Morgan fingerprint density at radius 3 is 1.90 bits per heavy atom. The Labute approximate surface area is 178 Å². The van der Waals surface area contributed by atoms with Crippen molar-refractivity contribution in [3.05, 3.63) is 0 Å². The van der Waals surface area contributed by atoms with Gasteiger partial charge in [-0.2, -0.15) is 0 Å². The zero-order valence-corrected chi connectivity index (χ0v) is 19.4. The number of hydrogen-bond donors (Lipinski definition) is 3. The van der Waals surface area contributed by atoms with Gasteiger partial charge in [-0.25, -0.2) is 4.79 Å². The summed E-state index contributed by atoms with van der Waals surface area (Å²) >= 11 is 0. The van der Waals surface area contributed by atoms with Gasteiger partial charge in [0.2, 0.25) is 0 Å². The van der Waals surface area contributed by atoms with Gasteiger partial charge in [-0.15, -0.1) is 0 Å². The van der Waals surface area contributed by atoms with E-state index in [9.17, 15) is 9.59 Å². The molecule has 0 rings (SSSR count). The highest BCUT2D eigenvalue weighted by molar-refractivity contribution is 5.67. The number of carboxylic acid groups (broad SMARTS) is 1. The smallest absolute Gasteiger partial charge is 0.407 e. The third-order valence-corrected chi connectivity index (χ3v) is 5.13. The fourth-order valence-corrected chi connectivity index (χ4v) is 3.46. The third kappa shape index (κ3) is 18.5. The molecular formula is C23H46N2O4. The second-order valence-electron chi connectivity index (χ2n) is 9.37. The Balaban J connectivity index is 4.13. The topological polar surface area (TPSA) is 102 Å². The first-order valence-corrected chi connectivity index (χ1v) is 11.6. The number of carboxylic acids is 1. The predicted molar refractivity (Wildman–Crippen MR) is 119 cm³/mol. The molecule has 0 aliphatic heterocycles. The van der Waals surface area contributed by atoms with Crippen molar-refractivity contribution in [1.29, 1.82) is 0 Å². The molecule has 0 aromatic carbocycles. The number of hydrogen-bond acceptors (Lipinski definition) is 4. The zero-order valence-electron chi connectivity index (χ0n) is 19.4. The van der Waals surface area contributed by atoms with Crippen LogP contribution in [0.4, 0.5) is 4.79 Å². The number of carbonyl (C=O) groups is 2. The van der Waals surface area contributed by atoms with E-state index < -0.39 is 23.2 Å². The zero-order chi connectivity index (χ0) is 22.2. The van der Waals surface area contributed by atoms with E-state index in [1.807, 2.05) is 20.8 Å². The molecule has 0 radical (unpaired) electrons. The summed E-state index contributed by atoms with van der Waals surface area (Å²) in [5, 5.41) is 11.8. The number of ether oxygens (including phenoxy) is 1. The molecule has 0 aliphatic carbocycles. The molecule has 29 heavy (non-hydrogen) atoms. The number of rotatable bonds is 17. The number of alkyl carbamates (subject to hydrolysis) is 1. The first-order valence-electron chi connectivity index (χ1n) is 11.6. The largest absolute Gasteiger partial charge is 0.481 e. The minimum atomic E-state index is -0.807. The molecule has 0 heterocycles. The molecule has 6 heteroatoms. The average molecular weight is 415 g/mol. The summed E-state index contributed by atoms with van der Waals surface area (Å²) in [6.45, 7) is 8.20. The minimum absolute atomic E-state index is 0.0907. The molecule has 0 aliphatic rings. The molecule has 0 fully saturated rings. The number of unbranched alkanes of at least 4 members (excludes halogenated alkanes) is 8. The lowest BCUT2D eigenvalue weighted by molar-refractivity contribution is -0.137. The van der Waals surface area contributed by atoms with E-state index in [4.69, 9.17) is 15.6 Å². The summed E-state index contributed by atoms with van der Waals surface area (Å²) in [5.74, 6) is -0.807. The van der Waals surface area contributed by atoms with Crippen molar-refractivity contribution in [1.82, 2.24) is 5.32 Å². The molecule has 1 atom stereocenters. The molecule has 172 valence electrons. The Morgan fingerprint density at radius 1 is 0.862 bits per heavy atom. The number of nitrogens with one attached hydrogen (secondary N) is 1. The van der Waals surface area contributed by atoms with E-state index in [-0.39, 0.29) is 6.42 Å². The van der Waals surface area contributed by atoms with E-state index in [2.05, 4.69) is 12.2 Å². The molecule has 0 spiro atoms. The fraction of sp³-hybridized carbons (Fsp3) is 0.913. The first kappa shape index (κ1) is 27.7. The van der Waals surface area contributed by atoms with Gasteiger partial charge in [0.1, 0.15) is 5.60 Å². The van der Waals surface area contributed by atoms with E-state index in [0.717, 1.165) is 19.3 Å². The second kappa shape index (κ2) is 15.5. The number of aliphatic carboxylic acids is 1. The van der Waals surface area contributed by atoms with Crippen LogP contribution in [-0.4, -0.2) is 34.9 Å². The van der Waals surface area contributed by atoms with Gasteiger partial charge in [0.15, 0.2) is 0 Å². The van der Waals surface area contributed by atoms with Crippen LogP contribution in [0.5, 0.6) is 0 Å². The summed E-state index contributed by atoms with van der Waals surface area (Å²) in [5.41, 5.74) is 5.56. The van der Waals surface area contributed by atoms with Gasteiger partial charge in [-0.1, -0.05) is 64.7 Å². The molecular weight excluding hydrogens is 368 g/mol. The van der Waals surface area contributed by atoms with Crippen LogP contribution in [0, 0.1) is 0 Å². The Bertz CT molecular complexity index is 449. The van der Waals surface area contributed by atoms with Crippen LogP contribution in [-0.2, 0) is 9.53 Å². The van der Waals surface area contributed by atoms with Crippen LogP contribution in [0.3, 0.4) is 0 Å². The molecule has 1 amide bonds. The lowest BCUT2D eigenvalue weighted by Crippen LogP contribution is -2.41. The summed E-state index contributed by atoms with van der Waals surface area (Å²) in [7, 11) is 0. The first-order chi connectivity index (χ1) is 13.6. The fourth-order valence-electron chi connectivity index (χ4n) is 3.46. The summed E-state index contributed by atoms with van der Waals surface area (Å²) in [6.07, 6.45) is 13.7. The monoisotopic (exact) mass is 414 g/mol. The third-order valence-electron chi connectivity index (χ3n) is 5.13. The number of nitrogens with two attached hydrogens (primary N) is 1. The molecule has 1 unspecified atom stereocenters. The van der Waals surface area contributed by atoms with Crippen molar-refractivity contribution in [3.63, 3.8) is 0 Å². The molecule has 0 aromatic rings. The van der Waals surface area contributed by atoms with E-state index >= 15 is 0 Å². The van der Waals surface area contributed by atoms with Gasteiger partial charge in [0.25, 0.3) is 0 Å². The van der Waals surface area contributed by atoms with Crippen molar-refractivity contribution >= 4 is 12.1 Å². The lowest BCUT2D eigenvalue weighted by atomic mass is 9.84. The van der Waals surface area contributed by atoms with Crippen molar-refractivity contribution in [2.75, 3.05) is 6.54 Å². The minimum Gasteiger partial charge on any atom is -0.481 e. The van der Waals surface area contributed by atoms with Gasteiger partial charge in [-0.3, -0.25) is 4.79 Å². The maximum Gasteiger partial charge on any atom is 0.407 e. The quantitative estimate of drug-likeness (QED) is 0.262. The molecule has 6 nitrogen and oxygen atoms in total. The van der Waals surface area contributed by atoms with Crippen LogP contribution in [0.15, 0.2) is 0 Å². The SMILES string of the molecule is CCCCCCCCCCCC(N)(CCCNC(=O)OC(C)(C)C)CCC(=O)O. The van der Waals surface area contributed by atoms with Crippen molar-refractivity contribution in [2.24, 2.45) is 5.73 Å². The van der Waals surface area contributed by atoms with Crippen LogP contribution >= 0.6 is 0 Å². The average Bonchev–Trinajstić information content (AvgIpc) is 2.61. The molecule has 0 bridgehead atoms. The maximum atomic E-state index is 11.7. The van der Waals surface area contributed by atoms with Crippen LogP contribution in [0.2, 0.25) is 0 Å². The van der Waals surface area contributed by atoms with E-state index in [1.165, 1.54) is 44.9 Å². The van der Waals surface area contributed by atoms with Crippen molar-refractivity contribution < 1.29 is 19.4 Å². The van der Waals surface area contributed by atoms with Crippen molar-refractivity contribution in [3.8, 4) is 0 Å². The van der Waals surface area contributed by atoms with Gasteiger partial charge in [0, 0.05) is 18.5 Å². The predicted octanol–water partition coefficient (Wildman–Crippen LogP) is 5.77. The van der Waals surface area contributed by atoms with Gasteiger partial charge < -0.3 is 20.9 Å². The second-order valence-corrected chi connectivity index (χ2v) is 9.37. The molecule has 0 aromatic heterocycles. The molecule has 0 saturated heterocycles. The van der Waals surface area contributed by atoms with Crippen LogP contribution < -0.4 is 11.1 Å². The van der Waals surface area contributed by atoms with Crippen molar-refractivity contribution in [2.45, 2.75) is 129 Å². The van der Waals surface area contributed by atoms with Crippen LogP contribution in [0.1, 0.15) is 118 Å². The lowest BCUT2D eigenvalue weighted by Gasteiger charge is -2.29. The maximum absolute atomic E-state index is 11.7. The normalized spacial score (nSPS) is 13.7. The summed E-state index contributed by atoms with van der Waals surface area (Å²) in [6, 6.07) is 0. The van der Waals surface area contributed by atoms with Gasteiger partial charge in [-0.05, 0) is 46.5 Å². The van der Waals surface area contributed by atoms with Crippen LogP contribution in [0.25, 0.3) is 0 Å². The Kier molecular flexibility index (Phi) is 14.8. The Morgan fingerprint density at radius 2 is 1.38 bits per heavy atom. The summed E-state index contributed by atoms with van der Waals surface area (Å²) in [4.78, 5) is 22.7. The highest BCUT2D eigenvalue weighted by atomic mass is 16.6.